The third-order valence-corrected chi connectivity index (χ3v) is 2.90. The molecule has 4 nitrogen and oxygen atoms in total. The molecule has 0 radical (unpaired) electrons. The van der Waals surface area contributed by atoms with Crippen LogP contribution in [0.5, 0.6) is 0 Å². The lowest BCUT2D eigenvalue weighted by molar-refractivity contribution is 0.104. The summed E-state index contributed by atoms with van der Waals surface area (Å²) in [5, 5.41) is 3.90. The molecule has 0 saturated heterocycles. The van der Waals surface area contributed by atoms with E-state index in [0.29, 0.717) is 13.2 Å². The van der Waals surface area contributed by atoms with E-state index in [2.05, 4.69) is 22.2 Å². The number of hydrogen-bond acceptors (Lipinski definition) is 4. The number of hydrogen-bond donors (Lipinski definition) is 1. The summed E-state index contributed by atoms with van der Waals surface area (Å²) in [6, 6.07) is 7.63. The molecule has 2 aromatic rings. The first-order valence-corrected chi connectivity index (χ1v) is 7.02. The normalized spacial score (nSPS) is 10.5. The Morgan fingerprint density at radius 1 is 1.20 bits per heavy atom. The minimum atomic E-state index is 0.438. The van der Waals surface area contributed by atoms with Crippen molar-refractivity contribution >= 4 is 17.4 Å². The Balaban J connectivity index is 1.79. The molecule has 0 amide bonds. The van der Waals surface area contributed by atoms with Gasteiger partial charge in [0.2, 0.25) is 0 Å². The molecular weight excluding hydrogens is 274 g/mol. The van der Waals surface area contributed by atoms with Crippen molar-refractivity contribution in [2.75, 3.05) is 11.9 Å². The van der Waals surface area contributed by atoms with Crippen molar-refractivity contribution in [3.8, 4) is 0 Å². The van der Waals surface area contributed by atoms with Gasteiger partial charge in [-0.2, -0.15) is 0 Å². The van der Waals surface area contributed by atoms with Gasteiger partial charge in [0.05, 0.1) is 31.3 Å². The van der Waals surface area contributed by atoms with Crippen LogP contribution >= 0.6 is 11.6 Å². The zero-order valence-electron chi connectivity index (χ0n) is 11.5. The lowest BCUT2D eigenvalue weighted by Crippen LogP contribution is -2.04. The smallest absolute Gasteiger partial charge is 0.144 e. The quantitative estimate of drug-likeness (QED) is 0.845. The lowest BCUT2D eigenvalue weighted by atomic mass is 10.2. The largest absolute Gasteiger partial charge is 0.370 e. The summed E-state index contributed by atoms with van der Waals surface area (Å²) in [6.07, 6.45) is 4.52. The first-order valence-electron chi connectivity index (χ1n) is 6.65. The van der Waals surface area contributed by atoms with Gasteiger partial charge in [0.25, 0.3) is 0 Å². The Hall–Kier alpha value is -1.65. The van der Waals surface area contributed by atoms with Crippen LogP contribution in [0.2, 0.25) is 5.02 Å². The molecule has 106 valence electrons. The summed E-state index contributed by atoms with van der Waals surface area (Å²) < 4.78 is 5.60. The number of nitrogens with one attached hydrogen (secondary N) is 1. The van der Waals surface area contributed by atoms with Crippen molar-refractivity contribution in [1.29, 1.82) is 0 Å². The van der Waals surface area contributed by atoms with Gasteiger partial charge in [-0.25, -0.2) is 4.98 Å². The van der Waals surface area contributed by atoms with Crippen molar-refractivity contribution in [3.05, 3.63) is 52.9 Å². The molecule has 1 aromatic heterocycles. The Labute approximate surface area is 124 Å². The van der Waals surface area contributed by atoms with Gasteiger partial charge in [0.1, 0.15) is 5.82 Å². The highest BCUT2D eigenvalue weighted by Gasteiger charge is 1.99. The van der Waals surface area contributed by atoms with Gasteiger partial charge in [0.15, 0.2) is 0 Å². The second-order valence-corrected chi connectivity index (χ2v) is 4.88. The van der Waals surface area contributed by atoms with Gasteiger partial charge in [-0.05, 0) is 24.1 Å². The second-order valence-electron chi connectivity index (χ2n) is 4.44. The van der Waals surface area contributed by atoms with Gasteiger partial charge in [0, 0.05) is 11.6 Å². The number of anilines is 1. The Morgan fingerprint density at radius 3 is 2.80 bits per heavy atom. The molecule has 0 unspecified atom stereocenters. The second kappa shape index (κ2) is 7.82. The van der Waals surface area contributed by atoms with E-state index in [0.717, 1.165) is 35.1 Å². The summed E-state index contributed by atoms with van der Waals surface area (Å²) in [5.74, 6) is 0.797. The van der Waals surface area contributed by atoms with Crippen LogP contribution in [-0.4, -0.2) is 16.5 Å². The van der Waals surface area contributed by atoms with E-state index >= 15 is 0 Å². The summed E-state index contributed by atoms with van der Waals surface area (Å²) in [6.45, 7) is 3.96. The van der Waals surface area contributed by atoms with Gasteiger partial charge in [-0.15, -0.1) is 0 Å². The van der Waals surface area contributed by atoms with Crippen LogP contribution in [0.3, 0.4) is 0 Å². The van der Waals surface area contributed by atoms with E-state index < -0.39 is 0 Å². The molecule has 0 aliphatic carbocycles. The molecule has 0 atom stereocenters. The van der Waals surface area contributed by atoms with E-state index in [1.54, 1.807) is 12.4 Å². The summed E-state index contributed by atoms with van der Waals surface area (Å²) >= 11 is 5.91. The molecule has 0 fully saturated rings. The molecule has 0 saturated carbocycles. The fourth-order valence-electron chi connectivity index (χ4n) is 1.67. The average molecular weight is 292 g/mol. The molecule has 1 aromatic carbocycles. The van der Waals surface area contributed by atoms with Crippen LogP contribution in [0, 0.1) is 0 Å². The monoisotopic (exact) mass is 291 g/mol. The van der Waals surface area contributed by atoms with Gasteiger partial charge >= 0.3 is 0 Å². The van der Waals surface area contributed by atoms with Crippen LogP contribution < -0.4 is 5.32 Å². The zero-order valence-corrected chi connectivity index (χ0v) is 12.2. The molecule has 2 rings (SSSR count). The molecule has 0 spiro atoms. The first kappa shape index (κ1) is 14.8. The maximum atomic E-state index is 5.91. The van der Waals surface area contributed by atoms with Crippen LogP contribution in [0.25, 0.3) is 0 Å². The van der Waals surface area contributed by atoms with Crippen molar-refractivity contribution in [2.45, 2.75) is 26.6 Å². The van der Waals surface area contributed by atoms with Crippen molar-refractivity contribution in [1.82, 2.24) is 9.97 Å². The highest BCUT2D eigenvalue weighted by Crippen LogP contribution is 2.12. The number of benzene rings is 1. The summed E-state index contributed by atoms with van der Waals surface area (Å²) in [4.78, 5) is 8.59. The molecule has 1 heterocycles. The van der Waals surface area contributed by atoms with Gasteiger partial charge in [-0.1, -0.05) is 30.7 Å². The average Bonchev–Trinajstić information content (AvgIpc) is 2.46. The van der Waals surface area contributed by atoms with Crippen LogP contribution in [0.1, 0.15) is 24.6 Å². The number of ether oxygens (including phenoxy) is 1. The summed E-state index contributed by atoms with van der Waals surface area (Å²) in [5.41, 5.74) is 1.86. The Bertz CT molecular complexity index is 531. The lowest BCUT2D eigenvalue weighted by Gasteiger charge is -2.06. The Morgan fingerprint density at radius 2 is 2.10 bits per heavy atom. The molecule has 0 aliphatic heterocycles. The van der Waals surface area contributed by atoms with Crippen LogP contribution in [0.15, 0.2) is 36.7 Å². The minimum Gasteiger partial charge on any atom is -0.370 e. The number of halogens is 1. The number of nitrogens with zero attached hydrogens (tertiary/aromatic N) is 2. The van der Waals surface area contributed by atoms with Crippen molar-refractivity contribution < 1.29 is 4.74 Å². The maximum absolute atomic E-state index is 5.91. The van der Waals surface area contributed by atoms with Crippen molar-refractivity contribution in [2.24, 2.45) is 0 Å². The minimum absolute atomic E-state index is 0.438. The predicted molar refractivity (Wildman–Crippen MR) is 80.8 cm³/mol. The topological polar surface area (TPSA) is 47.0 Å². The third-order valence-electron chi connectivity index (χ3n) is 2.67. The molecule has 20 heavy (non-hydrogen) atoms. The number of rotatable bonds is 7. The first-order chi connectivity index (χ1) is 9.78. The molecule has 1 N–H and O–H groups in total. The van der Waals surface area contributed by atoms with E-state index in [-0.39, 0.29) is 0 Å². The highest BCUT2D eigenvalue weighted by atomic mass is 35.5. The van der Waals surface area contributed by atoms with Crippen LogP contribution in [-0.2, 0) is 18.0 Å². The maximum Gasteiger partial charge on any atom is 0.144 e. The van der Waals surface area contributed by atoms with E-state index in [1.807, 2.05) is 24.3 Å². The molecular formula is C15H18ClN3O. The predicted octanol–water partition coefficient (Wildman–Crippen LogP) is 3.67. The number of aromatic nitrogens is 2. The SMILES string of the molecule is CCCNc1cnc(COCc2cccc(Cl)c2)cn1. The fourth-order valence-corrected chi connectivity index (χ4v) is 1.89. The molecule has 5 heteroatoms. The third kappa shape index (κ3) is 4.79. The zero-order chi connectivity index (χ0) is 14.2. The van der Waals surface area contributed by atoms with Crippen molar-refractivity contribution in [3.63, 3.8) is 0 Å². The molecule has 0 bridgehead atoms. The fraction of sp³-hybridized carbons (Fsp3) is 0.333. The van der Waals surface area contributed by atoms with Gasteiger partial charge in [-0.3, -0.25) is 4.98 Å². The van der Waals surface area contributed by atoms with Gasteiger partial charge < -0.3 is 10.1 Å². The molecule has 0 aliphatic rings. The van der Waals surface area contributed by atoms with E-state index in [4.69, 9.17) is 16.3 Å². The van der Waals surface area contributed by atoms with Crippen LogP contribution in [0.4, 0.5) is 5.82 Å². The Kier molecular flexibility index (Phi) is 5.77. The highest BCUT2D eigenvalue weighted by molar-refractivity contribution is 6.30. The standard InChI is InChI=1S/C15H18ClN3O/c1-2-6-17-15-9-18-14(8-19-15)11-20-10-12-4-3-5-13(16)7-12/h3-5,7-9H,2,6,10-11H2,1H3,(H,17,19). The summed E-state index contributed by atoms with van der Waals surface area (Å²) in [7, 11) is 0. The van der Waals surface area contributed by atoms with E-state index in [9.17, 15) is 0 Å². The van der Waals surface area contributed by atoms with E-state index in [1.165, 1.54) is 0 Å².